The Hall–Kier alpha value is -2.01. The molecule has 1 aliphatic rings. The first-order chi connectivity index (χ1) is 8.63. The van der Waals surface area contributed by atoms with Gasteiger partial charge in [0.1, 0.15) is 0 Å². The Labute approximate surface area is 108 Å². The number of hydrogen-bond donors (Lipinski definition) is 1. The molecule has 0 radical (unpaired) electrons. The van der Waals surface area contributed by atoms with Crippen LogP contribution in [0.1, 0.15) is 5.56 Å². The molecule has 0 saturated carbocycles. The van der Waals surface area contributed by atoms with Gasteiger partial charge in [0.25, 0.3) is 11.1 Å². The van der Waals surface area contributed by atoms with Crippen molar-refractivity contribution in [2.75, 3.05) is 0 Å². The summed E-state index contributed by atoms with van der Waals surface area (Å²) in [7, 11) is 1.97. The average molecular weight is 258 g/mol. The topological polar surface area (TPSA) is 51.1 Å². The Balaban J connectivity index is 2.04. The summed E-state index contributed by atoms with van der Waals surface area (Å²) in [5.74, 6) is -0.322. The maximum atomic E-state index is 11.4. The Morgan fingerprint density at radius 3 is 2.83 bits per heavy atom. The number of imide groups is 1. The van der Waals surface area contributed by atoms with Crippen LogP contribution >= 0.6 is 11.8 Å². The molecule has 0 spiro atoms. The number of nitrogens with zero attached hydrogens (tertiary/aromatic N) is 1. The molecule has 90 valence electrons. The number of benzene rings is 1. The molecule has 0 bridgehead atoms. The molecule has 5 heteroatoms. The molecule has 0 unspecified atom stereocenters. The number of carbonyl (C=O) groups excluding carboxylic acids is 2. The molecule has 0 aliphatic carbocycles. The molecule has 1 aromatic heterocycles. The molecule has 3 rings (SSSR count). The fourth-order valence-electron chi connectivity index (χ4n) is 1.94. The second-order valence-electron chi connectivity index (χ2n) is 4.10. The Morgan fingerprint density at radius 2 is 2.11 bits per heavy atom. The van der Waals surface area contributed by atoms with E-state index in [0.717, 1.165) is 28.2 Å². The third kappa shape index (κ3) is 1.82. The molecule has 2 heterocycles. The Kier molecular flexibility index (Phi) is 2.48. The highest BCUT2D eigenvalue weighted by atomic mass is 32.2. The molecule has 0 atom stereocenters. The lowest BCUT2D eigenvalue weighted by atomic mass is 10.1. The number of aromatic nitrogens is 1. The van der Waals surface area contributed by atoms with Gasteiger partial charge in [-0.05, 0) is 40.9 Å². The standard InChI is InChI=1S/C13H10N2O2S/c1-15-5-4-9-3-2-8(6-10(9)15)7-11-12(16)14-13(17)18-11/h2-7H,1H3,(H,14,16,17)/b11-7-. The predicted octanol–water partition coefficient (Wildman–Crippen LogP) is 2.50. The summed E-state index contributed by atoms with van der Waals surface area (Å²) in [5, 5.41) is 3.08. The van der Waals surface area contributed by atoms with Crippen molar-refractivity contribution in [3.63, 3.8) is 0 Å². The van der Waals surface area contributed by atoms with Crippen LogP contribution in [0.25, 0.3) is 17.0 Å². The highest BCUT2D eigenvalue weighted by Gasteiger charge is 2.24. The van der Waals surface area contributed by atoms with E-state index in [1.54, 1.807) is 6.08 Å². The molecule has 1 saturated heterocycles. The number of fused-ring (bicyclic) bond motifs is 1. The van der Waals surface area contributed by atoms with Crippen LogP contribution in [-0.4, -0.2) is 15.7 Å². The summed E-state index contributed by atoms with van der Waals surface area (Å²) in [4.78, 5) is 22.9. The van der Waals surface area contributed by atoms with E-state index in [4.69, 9.17) is 0 Å². The fourth-order valence-corrected chi connectivity index (χ4v) is 2.62. The summed E-state index contributed by atoms with van der Waals surface area (Å²) in [6, 6.07) is 7.97. The zero-order valence-corrected chi connectivity index (χ0v) is 10.5. The van der Waals surface area contributed by atoms with E-state index in [-0.39, 0.29) is 11.1 Å². The summed E-state index contributed by atoms with van der Waals surface area (Å²) in [6.07, 6.45) is 3.72. The molecule has 1 aromatic carbocycles. The largest absolute Gasteiger partial charge is 0.351 e. The Morgan fingerprint density at radius 1 is 1.28 bits per heavy atom. The number of rotatable bonds is 1. The molecule has 1 fully saturated rings. The van der Waals surface area contributed by atoms with Gasteiger partial charge in [-0.3, -0.25) is 14.9 Å². The first kappa shape index (κ1) is 11.1. The van der Waals surface area contributed by atoms with E-state index in [1.807, 2.05) is 42.1 Å². The van der Waals surface area contributed by atoms with Gasteiger partial charge >= 0.3 is 0 Å². The lowest BCUT2D eigenvalue weighted by Gasteiger charge is -1.99. The zero-order chi connectivity index (χ0) is 12.7. The normalized spacial score (nSPS) is 17.7. The van der Waals surface area contributed by atoms with Crippen molar-refractivity contribution >= 4 is 39.9 Å². The van der Waals surface area contributed by atoms with E-state index in [1.165, 1.54) is 0 Å². The number of hydrogen-bond acceptors (Lipinski definition) is 3. The second kappa shape index (κ2) is 4.03. The van der Waals surface area contributed by atoms with E-state index in [0.29, 0.717) is 4.91 Å². The maximum Gasteiger partial charge on any atom is 0.290 e. The lowest BCUT2D eigenvalue weighted by Crippen LogP contribution is -2.17. The predicted molar refractivity (Wildman–Crippen MR) is 72.0 cm³/mol. The van der Waals surface area contributed by atoms with E-state index >= 15 is 0 Å². The van der Waals surface area contributed by atoms with E-state index in [9.17, 15) is 9.59 Å². The van der Waals surface area contributed by atoms with Crippen LogP contribution in [0.15, 0.2) is 35.4 Å². The van der Waals surface area contributed by atoms with Crippen LogP contribution < -0.4 is 5.32 Å². The fraction of sp³-hybridized carbons (Fsp3) is 0.0769. The first-order valence-corrected chi connectivity index (χ1v) is 6.25. The summed E-state index contributed by atoms with van der Waals surface area (Å²) in [6.45, 7) is 0. The van der Waals surface area contributed by atoms with E-state index in [2.05, 4.69) is 5.32 Å². The second-order valence-corrected chi connectivity index (χ2v) is 5.11. The van der Waals surface area contributed by atoms with Crippen molar-refractivity contribution in [1.82, 2.24) is 9.88 Å². The lowest BCUT2D eigenvalue weighted by molar-refractivity contribution is -0.115. The van der Waals surface area contributed by atoms with Crippen LogP contribution in [0.4, 0.5) is 4.79 Å². The quantitative estimate of drug-likeness (QED) is 0.799. The molecule has 1 aliphatic heterocycles. The van der Waals surface area contributed by atoms with E-state index < -0.39 is 0 Å². The molecule has 2 aromatic rings. The SMILES string of the molecule is Cn1ccc2ccc(/C=C3\SC(=O)NC3=O)cc21. The number of aryl methyl sites for hydroxylation is 1. The van der Waals surface area contributed by atoms with Gasteiger partial charge in [0.2, 0.25) is 0 Å². The third-order valence-corrected chi connectivity index (χ3v) is 3.66. The van der Waals surface area contributed by atoms with Gasteiger partial charge in [0.05, 0.1) is 4.91 Å². The van der Waals surface area contributed by atoms with Crippen LogP contribution in [0.2, 0.25) is 0 Å². The molecule has 1 N–H and O–H groups in total. The molecule has 2 amide bonds. The maximum absolute atomic E-state index is 11.4. The van der Waals surface area contributed by atoms with Gasteiger partial charge in [-0.1, -0.05) is 12.1 Å². The molecular formula is C13H10N2O2S. The van der Waals surface area contributed by atoms with Gasteiger partial charge in [-0.2, -0.15) is 0 Å². The van der Waals surface area contributed by atoms with Gasteiger partial charge in [0.15, 0.2) is 0 Å². The average Bonchev–Trinajstić information content (AvgIpc) is 2.84. The van der Waals surface area contributed by atoms with Gasteiger partial charge in [-0.25, -0.2) is 0 Å². The van der Waals surface area contributed by atoms with Crippen LogP contribution in [-0.2, 0) is 11.8 Å². The summed E-state index contributed by atoms with van der Waals surface area (Å²) < 4.78 is 2.02. The monoisotopic (exact) mass is 258 g/mol. The van der Waals surface area contributed by atoms with Gasteiger partial charge in [0, 0.05) is 18.8 Å². The smallest absolute Gasteiger partial charge is 0.290 e. The number of amides is 2. The molecular weight excluding hydrogens is 248 g/mol. The highest BCUT2D eigenvalue weighted by Crippen LogP contribution is 2.26. The van der Waals surface area contributed by atoms with Crippen LogP contribution in [0.3, 0.4) is 0 Å². The number of nitrogens with one attached hydrogen (secondary N) is 1. The summed E-state index contributed by atoms with van der Waals surface area (Å²) >= 11 is 0.935. The van der Waals surface area contributed by atoms with Crippen LogP contribution in [0, 0.1) is 0 Å². The highest BCUT2D eigenvalue weighted by molar-refractivity contribution is 8.18. The van der Waals surface area contributed by atoms with Crippen LogP contribution in [0.5, 0.6) is 0 Å². The van der Waals surface area contributed by atoms with Gasteiger partial charge in [-0.15, -0.1) is 0 Å². The third-order valence-electron chi connectivity index (χ3n) is 2.85. The zero-order valence-electron chi connectivity index (χ0n) is 9.64. The van der Waals surface area contributed by atoms with Crippen molar-refractivity contribution in [2.45, 2.75) is 0 Å². The minimum absolute atomic E-state index is 0.314. The van der Waals surface area contributed by atoms with Crippen molar-refractivity contribution < 1.29 is 9.59 Å². The van der Waals surface area contributed by atoms with Crippen molar-refractivity contribution in [3.8, 4) is 0 Å². The minimum Gasteiger partial charge on any atom is -0.351 e. The first-order valence-electron chi connectivity index (χ1n) is 5.43. The van der Waals surface area contributed by atoms with Crippen molar-refractivity contribution in [3.05, 3.63) is 40.9 Å². The number of carbonyl (C=O) groups is 2. The molecule has 18 heavy (non-hydrogen) atoms. The number of thioether (sulfide) groups is 1. The minimum atomic E-state index is -0.322. The molecule has 4 nitrogen and oxygen atoms in total. The van der Waals surface area contributed by atoms with Gasteiger partial charge < -0.3 is 4.57 Å². The van der Waals surface area contributed by atoms with Crippen molar-refractivity contribution in [1.29, 1.82) is 0 Å². The summed E-state index contributed by atoms with van der Waals surface area (Å²) in [5.41, 5.74) is 2.01. The van der Waals surface area contributed by atoms with Crippen molar-refractivity contribution in [2.24, 2.45) is 7.05 Å². The Bertz CT molecular complexity index is 700.